The lowest BCUT2D eigenvalue weighted by atomic mass is 10.3. The summed E-state index contributed by atoms with van der Waals surface area (Å²) >= 11 is 0. The second-order valence-corrected chi connectivity index (χ2v) is 3.09. The molecule has 1 rings (SSSR count). The van der Waals surface area contributed by atoms with Crippen LogP contribution in [-0.4, -0.2) is 12.2 Å². The molecule has 1 amide bonds. The molecule has 0 aliphatic rings. The first-order valence-electron chi connectivity index (χ1n) is 4.89. The van der Waals surface area contributed by atoms with Crippen LogP contribution in [0.2, 0.25) is 0 Å². The number of amides is 1. The van der Waals surface area contributed by atoms with Crippen molar-refractivity contribution in [1.29, 1.82) is 0 Å². The van der Waals surface area contributed by atoms with E-state index in [0.29, 0.717) is 6.29 Å². The Kier molecular flexibility index (Phi) is 4.73. The van der Waals surface area contributed by atoms with Gasteiger partial charge in [0.15, 0.2) is 0 Å². The van der Waals surface area contributed by atoms with Crippen LogP contribution >= 0.6 is 0 Å². The highest BCUT2D eigenvalue weighted by molar-refractivity contribution is 5.93. The predicted molar refractivity (Wildman–Crippen MR) is 63.9 cm³/mol. The van der Waals surface area contributed by atoms with Crippen molar-refractivity contribution < 1.29 is 9.59 Å². The van der Waals surface area contributed by atoms with E-state index in [1.165, 1.54) is 17.9 Å². The molecule has 0 unspecified atom stereocenters. The number of aldehydes is 1. The summed E-state index contributed by atoms with van der Waals surface area (Å²) in [5.41, 5.74) is 0.797. The Balaban J connectivity index is 2.84. The Labute approximate surface area is 94.7 Å². The molecule has 0 fully saturated rings. The molecule has 0 aliphatic heterocycles. The van der Waals surface area contributed by atoms with Gasteiger partial charge in [0, 0.05) is 18.8 Å². The Morgan fingerprint density at radius 3 is 2.38 bits per heavy atom. The van der Waals surface area contributed by atoms with Crippen LogP contribution in [0.15, 0.2) is 54.8 Å². The van der Waals surface area contributed by atoms with Gasteiger partial charge in [-0.25, -0.2) is 0 Å². The lowest BCUT2D eigenvalue weighted by Gasteiger charge is -2.15. The van der Waals surface area contributed by atoms with Crippen molar-refractivity contribution in [3.8, 4) is 0 Å². The molecule has 0 spiro atoms. The number of carbonyl (C=O) groups is 2. The van der Waals surface area contributed by atoms with E-state index in [9.17, 15) is 9.59 Å². The Morgan fingerprint density at radius 2 is 1.81 bits per heavy atom. The van der Waals surface area contributed by atoms with Crippen molar-refractivity contribution >= 4 is 17.9 Å². The van der Waals surface area contributed by atoms with Gasteiger partial charge < -0.3 is 0 Å². The molecule has 82 valence electrons. The summed E-state index contributed by atoms with van der Waals surface area (Å²) in [5, 5.41) is 0. The van der Waals surface area contributed by atoms with Gasteiger partial charge in [0.1, 0.15) is 6.29 Å². The second-order valence-electron chi connectivity index (χ2n) is 3.09. The molecule has 0 atom stereocenters. The molecule has 0 bridgehead atoms. The SMILES string of the molecule is CC(=O)N(/C=C/C=C/C=O)c1ccccc1. The van der Waals surface area contributed by atoms with Gasteiger partial charge in [0.2, 0.25) is 5.91 Å². The fourth-order valence-corrected chi connectivity index (χ4v) is 1.21. The van der Waals surface area contributed by atoms with E-state index in [0.717, 1.165) is 5.69 Å². The van der Waals surface area contributed by atoms with Crippen molar-refractivity contribution in [2.24, 2.45) is 0 Å². The number of hydrogen-bond donors (Lipinski definition) is 0. The minimum absolute atomic E-state index is 0.0815. The lowest BCUT2D eigenvalue weighted by Crippen LogP contribution is -2.21. The molecule has 0 radical (unpaired) electrons. The maximum absolute atomic E-state index is 11.4. The zero-order valence-corrected chi connectivity index (χ0v) is 9.04. The van der Waals surface area contributed by atoms with Crippen molar-refractivity contribution in [2.45, 2.75) is 6.92 Å². The smallest absolute Gasteiger partial charge is 0.227 e. The molecule has 3 heteroatoms. The minimum atomic E-state index is -0.0815. The van der Waals surface area contributed by atoms with Crippen LogP contribution in [0.3, 0.4) is 0 Å². The molecule has 3 nitrogen and oxygen atoms in total. The highest BCUT2D eigenvalue weighted by atomic mass is 16.2. The maximum atomic E-state index is 11.4. The van der Waals surface area contributed by atoms with E-state index in [2.05, 4.69) is 0 Å². The summed E-state index contributed by atoms with van der Waals surface area (Å²) in [6, 6.07) is 9.29. The molecule has 1 aromatic rings. The van der Waals surface area contributed by atoms with Gasteiger partial charge >= 0.3 is 0 Å². The van der Waals surface area contributed by atoms with Gasteiger partial charge in [-0.15, -0.1) is 0 Å². The van der Waals surface area contributed by atoms with Gasteiger partial charge in [0.25, 0.3) is 0 Å². The zero-order valence-electron chi connectivity index (χ0n) is 9.04. The number of hydrogen-bond acceptors (Lipinski definition) is 2. The van der Waals surface area contributed by atoms with Crippen LogP contribution < -0.4 is 4.90 Å². The molecule has 0 saturated heterocycles. The first-order chi connectivity index (χ1) is 7.75. The van der Waals surface area contributed by atoms with Gasteiger partial charge in [-0.3, -0.25) is 14.5 Å². The molecule has 0 heterocycles. The average molecular weight is 215 g/mol. The lowest BCUT2D eigenvalue weighted by molar-refractivity contribution is -0.116. The first kappa shape index (κ1) is 11.9. The molecule has 1 aromatic carbocycles. The van der Waals surface area contributed by atoms with Crippen LogP contribution in [0.5, 0.6) is 0 Å². The van der Waals surface area contributed by atoms with Crippen molar-refractivity contribution in [3.05, 3.63) is 54.8 Å². The van der Waals surface area contributed by atoms with Crippen molar-refractivity contribution in [1.82, 2.24) is 0 Å². The van der Waals surface area contributed by atoms with Crippen molar-refractivity contribution in [2.75, 3.05) is 4.90 Å². The normalized spacial score (nSPS) is 10.8. The summed E-state index contributed by atoms with van der Waals surface area (Å²) in [6.07, 6.45) is 6.89. The number of para-hydroxylation sites is 1. The number of nitrogens with zero attached hydrogens (tertiary/aromatic N) is 1. The van der Waals surface area contributed by atoms with E-state index < -0.39 is 0 Å². The van der Waals surface area contributed by atoms with Gasteiger partial charge in [-0.05, 0) is 24.3 Å². The third kappa shape index (κ3) is 3.53. The molecular formula is C13H13NO2. The summed E-state index contributed by atoms with van der Waals surface area (Å²) < 4.78 is 0. The number of benzene rings is 1. The summed E-state index contributed by atoms with van der Waals surface area (Å²) in [5.74, 6) is -0.0815. The topological polar surface area (TPSA) is 37.4 Å². The Bertz CT molecular complexity index is 407. The number of anilines is 1. The fraction of sp³-hybridized carbons (Fsp3) is 0.0769. The summed E-state index contributed by atoms with van der Waals surface area (Å²) in [7, 11) is 0. The molecule has 0 N–H and O–H groups in total. The number of allylic oxidation sites excluding steroid dienone is 3. The predicted octanol–water partition coefficient (Wildman–Crippen LogP) is 2.31. The van der Waals surface area contributed by atoms with Crippen LogP contribution in [0, 0.1) is 0 Å². The van der Waals surface area contributed by atoms with Gasteiger partial charge in [-0.2, -0.15) is 0 Å². The third-order valence-electron chi connectivity index (χ3n) is 1.91. The van der Waals surface area contributed by atoms with E-state index in [4.69, 9.17) is 0 Å². The fourth-order valence-electron chi connectivity index (χ4n) is 1.21. The molecule has 0 aliphatic carbocycles. The monoisotopic (exact) mass is 215 g/mol. The van der Waals surface area contributed by atoms with Gasteiger partial charge in [-0.1, -0.05) is 24.3 Å². The standard InChI is InChI=1S/C13H13NO2/c1-12(16)14(10-6-3-7-11-15)13-8-4-2-5-9-13/h2-11H,1H3/b7-3+,10-6+. The highest BCUT2D eigenvalue weighted by Crippen LogP contribution is 2.13. The third-order valence-corrected chi connectivity index (χ3v) is 1.91. The second kappa shape index (κ2) is 6.35. The Hall–Kier alpha value is -2.16. The van der Waals surface area contributed by atoms with E-state index >= 15 is 0 Å². The average Bonchev–Trinajstić information content (AvgIpc) is 2.30. The van der Waals surface area contributed by atoms with Crippen LogP contribution in [0.25, 0.3) is 0 Å². The summed E-state index contributed by atoms with van der Waals surface area (Å²) in [6.45, 7) is 1.49. The molecule has 16 heavy (non-hydrogen) atoms. The molecular weight excluding hydrogens is 202 g/mol. The van der Waals surface area contributed by atoms with Crippen LogP contribution in [0.1, 0.15) is 6.92 Å². The van der Waals surface area contributed by atoms with E-state index in [-0.39, 0.29) is 5.91 Å². The first-order valence-corrected chi connectivity index (χ1v) is 4.89. The van der Waals surface area contributed by atoms with Crippen LogP contribution in [-0.2, 0) is 9.59 Å². The largest absolute Gasteiger partial charge is 0.299 e. The number of carbonyl (C=O) groups excluding carboxylic acids is 2. The minimum Gasteiger partial charge on any atom is -0.299 e. The van der Waals surface area contributed by atoms with E-state index in [1.54, 1.807) is 18.4 Å². The maximum Gasteiger partial charge on any atom is 0.227 e. The number of rotatable bonds is 4. The van der Waals surface area contributed by atoms with Crippen molar-refractivity contribution in [3.63, 3.8) is 0 Å². The molecule has 0 saturated carbocycles. The Morgan fingerprint density at radius 1 is 1.12 bits per heavy atom. The van der Waals surface area contributed by atoms with Crippen LogP contribution in [0.4, 0.5) is 5.69 Å². The highest BCUT2D eigenvalue weighted by Gasteiger charge is 2.05. The molecule has 0 aromatic heterocycles. The quantitative estimate of drug-likeness (QED) is 0.439. The zero-order chi connectivity index (χ0) is 11.8. The van der Waals surface area contributed by atoms with E-state index in [1.807, 2.05) is 30.3 Å². The van der Waals surface area contributed by atoms with Gasteiger partial charge in [0.05, 0.1) is 0 Å². The summed E-state index contributed by atoms with van der Waals surface area (Å²) in [4.78, 5) is 23.0.